The van der Waals surface area contributed by atoms with Gasteiger partial charge in [0.25, 0.3) is 5.56 Å². The molecule has 1 aliphatic heterocycles. The van der Waals surface area contributed by atoms with Gasteiger partial charge in [-0.25, -0.2) is 4.79 Å². The molecular formula is C11H15N3O5. The highest BCUT2D eigenvalue weighted by Gasteiger charge is 2.33. The summed E-state index contributed by atoms with van der Waals surface area (Å²) in [5, 5.41) is 13.0. The fourth-order valence-corrected chi connectivity index (χ4v) is 1.95. The summed E-state index contributed by atoms with van der Waals surface area (Å²) in [5.41, 5.74) is -0.0636. The molecule has 1 saturated heterocycles. The zero-order chi connectivity index (χ0) is 14.0. The summed E-state index contributed by atoms with van der Waals surface area (Å²) in [4.78, 5) is 29.9. The number of aromatic nitrogens is 2. The van der Waals surface area contributed by atoms with Crippen molar-refractivity contribution in [2.24, 2.45) is 5.16 Å². The van der Waals surface area contributed by atoms with Crippen molar-refractivity contribution in [3.8, 4) is 0 Å². The van der Waals surface area contributed by atoms with Crippen LogP contribution in [0.2, 0.25) is 0 Å². The number of nitrogens with zero attached hydrogens (tertiary/aromatic N) is 2. The van der Waals surface area contributed by atoms with E-state index in [2.05, 4.69) is 15.0 Å². The van der Waals surface area contributed by atoms with Gasteiger partial charge >= 0.3 is 5.69 Å². The van der Waals surface area contributed by atoms with E-state index in [1.54, 1.807) is 6.92 Å². The van der Waals surface area contributed by atoms with E-state index in [1.807, 2.05) is 0 Å². The van der Waals surface area contributed by atoms with Crippen LogP contribution in [-0.2, 0) is 9.57 Å². The first-order chi connectivity index (χ1) is 9.06. The molecule has 104 valence electrons. The number of oxime groups is 1. The summed E-state index contributed by atoms with van der Waals surface area (Å²) in [6.07, 6.45) is 0.513. The molecule has 1 aliphatic rings. The largest absolute Gasteiger partial charge is 0.399 e. The number of nitrogens with one attached hydrogen (secondary N) is 1. The molecule has 0 bridgehead atoms. The number of rotatable bonds is 3. The Balaban J connectivity index is 2.35. The molecule has 1 fully saturated rings. The van der Waals surface area contributed by atoms with E-state index in [0.717, 1.165) is 0 Å². The van der Waals surface area contributed by atoms with Gasteiger partial charge in [-0.1, -0.05) is 5.16 Å². The van der Waals surface area contributed by atoms with Crippen molar-refractivity contribution in [3.63, 3.8) is 0 Å². The molecule has 0 spiro atoms. The van der Waals surface area contributed by atoms with Gasteiger partial charge in [0.1, 0.15) is 19.4 Å². The van der Waals surface area contributed by atoms with E-state index in [0.29, 0.717) is 17.7 Å². The Morgan fingerprint density at radius 1 is 1.63 bits per heavy atom. The summed E-state index contributed by atoms with van der Waals surface area (Å²) in [6.45, 7) is 1.34. The highest BCUT2D eigenvalue weighted by molar-refractivity contribution is 5.90. The Bertz CT molecular complexity index is 603. The lowest BCUT2D eigenvalue weighted by atomic mass is 10.2. The molecule has 0 aromatic carbocycles. The van der Waals surface area contributed by atoms with E-state index < -0.39 is 23.6 Å². The Kier molecular flexibility index (Phi) is 3.82. The zero-order valence-electron chi connectivity index (χ0n) is 10.6. The number of hydrogen-bond acceptors (Lipinski definition) is 6. The van der Waals surface area contributed by atoms with Crippen molar-refractivity contribution in [3.05, 3.63) is 32.6 Å². The number of aromatic amines is 1. The molecule has 2 atom stereocenters. The van der Waals surface area contributed by atoms with Crippen molar-refractivity contribution in [1.29, 1.82) is 0 Å². The predicted molar refractivity (Wildman–Crippen MR) is 66.1 cm³/mol. The molecule has 0 radical (unpaired) electrons. The third kappa shape index (κ3) is 2.59. The van der Waals surface area contributed by atoms with Crippen molar-refractivity contribution in [2.45, 2.75) is 25.7 Å². The maximum atomic E-state index is 11.7. The summed E-state index contributed by atoms with van der Waals surface area (Å²) >= 11 is 0. The monoisotopic (exact) mass is 269 g/mol. The zero-order valence-corrected chi connectivity index (χ0v) is 10.6. The molecule has 1 aromatic rings. The molecule has 0 saturated carbocycles. The van der Waals surface area contributed by atoms with Gasteiger partial charge in [-0.15, -0.1) is 0 Å². The number of hydrogen-bond donors (Lipinski definition) is 2. The van der Waals surface area contributed by atoms with Gasteiger partial charge in [-0.2, -0.15) is 0 Å². The maximum absolute atomic E-state index is 11.7. The quantitative estimate of drug-likeness (QED) is 0.694. The summed E-state index contributed by atoms with van der Waals surface area (Å²) < 4.78 is 6.79. The van der Waals surface area contributed by atoms with Crippen LogP contribution in [0.15, 0.2) is 20.9 Å². The van der Waals surface area contributed by atoms with E-state index >= 15 is 0 Å². The normalized spacial score (nSPS) is 24.9. The SMILES string of the molecule is CO/N=C1/C[C@H](n2cc(C)c(=O)[nH]c2=O)O[C@@H]1CO. The Labute approximate surface area is 108 Å². The van der Waals surface area contributed by atoms with Crippen LogP contribution >= 0.6 is 0 Å². The second-order valence-electron chi connectivity index (χ2n) is 4.21. The average molecular weight is 269 g/mol. The number of aliphatic hydroxyl groups is 1. The number of aryl methyl sites for hydroxylation is 1. The minimum Gasteiger partial charge on any atom is -0.399 e. The molecule has 19 heavy (non-hydrogen) atoms. The van der Waals surface area contributed by atoms with Gasteiger partial charge in [0.15, 0.2) is 0 Å². The number of ether oxygens (including phenoxy) is 1. The molecule has 0 aliphatic carbocycles. The standard InChI is InChI=1S/C11H15N3O5/c1-6-4-14(11(17)12-10(6)16)9-3-7(13-18-2)8(5-15)19-9/h4,8-9,15H,3,5H2,1-2H3,(H,12,16,17)/b13-7-/t8-,9-/m1/s1. The lowest BCUT2D eigenvalue weighted by Gasteiger charge is -2.14. The average Bonchev–Trinajstić information content (AvgIpc) is 2.77. The molecule has 8 nitrogen and oxygen atoms in total. The van der Waals surface area contributed by atoms with Crippen molar-refractivity contribution in [1.82, 2.24) is 9.55 Å². The van der Waals surface area contributed by atoms with Crippen LogP contribution in [0.5, 0.6) is 0 Å². The summed E-state index contributed by atoms with van der Waals surface area (Å²) in [6, 6.07) is 0. The second-order valence-corrected chi connectivity index (χ2v) is 4.21. The first kappa shape index (κ1) is 13.5. The molecule has 2 rings (SSSR count). The second kappa shape index (κ2) is 5.37. The molecule has 2 N–H and O–H groups in total. The maximum Gasteiger partial charge on any atom is 0.330 e. The van der Waals surface area contributed by atoms with E-state index in [4.69, 9.17) is 4.74 Å². The van der Waals surface area contributed by atoms with Crippen LogP contribution < -0.4 is 11.2 Å². The van der Waals surface area contributed by atoms with E-state index in [1.165, 1.54) is 17.9 Å². The lowest BCUT2D eigenvalue weighted by molar-refractivity contribution is -0.0154. The fraction of sp³-hybridized carbons (Fsp3) is 0.545. The Morgan fingerprint density at radius 2 is 2.37 bits per heavy atom. The first-order valence-corrected chi connectivity index (χ1v) is 5.75. The Morgan fingerprint density at radius 3 is 3.00 bits per heavy atom. The topological polar surface area (TPSA) is 106 Å². The van der Waals surface area contributed by atoms with Crippen LogP contribution in [0.1, 0.15) is 18.2 Å². The van der Waals surface area contributed by atoms with Gasteiger partial charge in [-0.05, 0) is 6.92 Å². The minimum absolute atomic E-state index is 0.254. The molecule has 1 aromatic heterocycles. The third-order valence-corrected chi connectivity index (χ3v) is 2.91. The van der Waals surface area contributed by atoms with Crippen LogP contribution in [-0.4, -0.2) is 40.2 Å². The van der Waals surface area contributed by atoms with E-state index in [9.17, 15) is 14.7 Å². The minimum atomic E-state index is -0.617. The van der Waals surface area contributed by atoms with Crippen molar-refractivity contribution >= 4 is 5.71 Å². The van der Waals surface area contributed by atoms with Gasteiger partial charge in [0, 0.05) is 18.2 Å². The molecule has 2 heterocycles. The van der Waals surface area contributed by atoms with Gasteiger partial charge in [0.05, 0.1) is 12.3 Å². The van der Waals surface area contributed by atoms with Crippen LogP contribution in [0, 0.1) is 6.92 Å². The van der Waals surface area contributed by atoms with Crippen molar-refractivity contribution < 1.29 is 14.7 Å². The Hall–Kier alpha value is -1.93. The van der Waals surface area contributed by atoms with Gasteiger partial charge < -0.3 is 14.7 Å². The summed E-state index contributed by atoms with van der Waals surface area (Å²) in [5.74, 6) is 0. The van der Waals surface area contributed by atoms with Crippen molar-refractivity contribution in [2.75, 3.05) is 13.7 Å². The summed E-state index contributed by atoms with van der Waals surface area (Å²) in [7, 11) is 1.39. The van der Waals surface area contributed by atoms with Crippen LogP contribution in [0.4, 0.5) is 0 Å². The molecule has 8 heteroatoms. The smallest absolute Gasteiger partial charge is 0.330 e. The predicted octanol–water partition coefficient (Wildman–Crippen LogP) is -0.873. The lowest BCUT2D eigenvalue weighted by Crippen LogP contribution is -2.33. The molecular weight excluding hydrogens is 254 g/mol. The fourth-order valence-electron chi connectivity index (χ4n) is 1.95. The molecule has 0 amide bonds. The highest BCUT2D eigenvalue weighted by atomic mass is 16.6. The van der Waals surface area contributed by atoms with E-state index in [-0.39, 0.29) is 6.61 Å². The molecule has 0 unspecified atom stereocenters. The number of H-pyrrole nitrogens is 1. The van der Waals surface area contributed by atoms with Gasteiger partial charge in [-0.3, -0.25) is 14.3 Å². The first-order valence-electron chi connectivity index (χ1n) is 5.75. The number of aliphatic hydroxyl groups excluding tert-OH is 1. The van der Waals surface area contributed by atoms with Crippen LogP contribution in [0.25, 0.3) is 0 Å². The highest BCUT2D eigenvalue weighted by Crippen LogP contribution is 2.25. The van der Waals surface area contributed by atoms with Crippen LogP contribution in [0.3, 0.4) is 0 Å². The van der Waals surface area contributed by atoms with Gasteiger partial charge in [0.2, 0.25) is 0 Å². The third-order valence-electron chi connectivity index (χ3n) is 2.91.